The summed E-state index contributed by atoms with van der Waals surface area (Å²) in [5.41, 5.74) is 1.38. The Kier molecular flexibility index (Phi) is 10.0. The normalized spacial score (nSPS) is 15.4. The number of hydrogen-bond donors (Lipinski definition) is 1. The first-order valence-electron chi connectivity index (χ1n) is 11.9. The second-order valence-electron chi connectivity index (χ2n) is 8.24. The highest BCUT2D eigenvalue weighted by atomic mass is 16.5. The fraction of sp³-hybridized carbons (Fsp3) is 0.357. The van der Waals surface area contributed by atoms with Crippen LogP contribution in [0.5, 0.6) is 34.5 Å². The molecule has 2 aromatic carbocycles. The Bertz CT molecular complexity index is 1060. The first kappa shape index (κ1) is 28.4. The molecule has 1 aliphatic rings. The molecular weight excluding hydrogens is 492 g/mol. The van der Waals surface area contributed by atoms with Crippen LogP contribution >= 0.6 is 0 Å². The third-order valence-corrected chi connectivity index (χ3v) is 6.09. The number of ketones is 1. The van der Waals surface area contributed by atoms with Crippen LogP contribution in [0.4, 0.5) is 0 Å². The van der Waals surface area contributed by atoms with Crippen LogP contribution in [0.25, 0.3) is 12.2 Å². The summed E-state index contributed by atoms with van der Waals surface area (Å²) in [6.07, 6.45) is 6.22. The van der Waals surface area contributed by atoms with Gasteiger partial charge < -0.3 is 38.6 Å². The maximum atomic E-state index is 13.2. The molecule has 10 nitrogen and oxygen atoms in total. The zero-order valence-electron chi connectivity index (χ0n) is 22.5. The zero-order chi connectivity index (χ0) is 27.7. The number of rotatable bonds is 11. The monoisotopic (exact) mass is 526 g/mol. The molecule has 0 bridgehead atoms. The summed E-state index contributed by atoms with van der Waals surface area (Å²) < 4.78 is 32.2. The smallest absolute Gasteiger partial charge is 0.247 e. The summed E-state index contributed by atoms with van der Waals surface area (Å²) in [6.45, 7) is 1.33. The summed E-state index contributed by atoms with van der Waals surface area (Å²) in [5, 5.41) is 3.19. The van der Waals surface area contributed by atoms with E-state index in [2.05, 4.69) is 5.32 Å². The molecule has 204 valence electrons. The van der Waals surface area contributed by atoms with Crippen molar-refractivity contribution in [1.29, 1.82) is 0 Å². The Morgan fingerprint density at radius 3 is 1.61 bits per heavy atom. The number of methoxy groups -OCH3 is 6. The van der Waals surface area contributed by atoms with Crippen LogP contribution in [0, 0.1) is 0 Å². The van der Waals surface area contributed by atoms with Gasteiger partial charge in [-0.3, -0.25) is 9.59 Å². The molecule has 2 aromatic rings. The van der Waals surface area contributed by atoms with Gasteiger partial charge in [-0.25, -0.2) is 0 Å². The lowest BCUT2D eigenvalue weighted by Crippen LogP contribution is -2.56. The maximum Gasteiger partial charge on any atom is 0.247 e. The summed E-state index contributed by atoms with van der Waals surface area (Å²) in [7, 11) is 9.16. The average Bonchev–Trinajstić information content (AvgIpc) is 2.97. The summed E-state index contributed by atoms with van der Waals surface area (Å²) >= 11 is 0. The number of piperazine rings is 1. The fourth-order valence-corrected chi connectivity index (χ4v) is 4.17. The largest absolute Gasteiger partial charge is 0.493 e. The van der Waals surface area contributed by atoms with Crippen molar-refractivity contribution in [1.82, 2.24) is 10.2 Å². The standard InChI is InChI=1S/C28H34N2O8/c1-33-22-13-18(14-23(34-2)27(22)37-5)7-9-21(31)20-17-29-11-12-30(20)26(32)10-8-19-15-24(35-3)28(38-6)25(16-19)36-4/h7-10,13-16,20,29H,11-12,17H2,1-6H3/b9-7+,10-8+. The van der Waals surface area contributed by atoms with E-state index >= 15 is 0 Å². The van der Waals surface area contributed by atoms with Crippen molar-refractivity contribution in [3.8, 4) is 34.5 Å². The molecule has 0 aromatic heterocycles. The van der Waals surface area contributed by atoms with Crippen LogP contribution in [0.2, 0.25) is 0 Å². The van der Waals surface area contributed by atoms with E-state index in [1.165, 1.54) is 54.8 Å². The zero-order valence-corrected chi connectivity index (χ0v) is 22.5. The van der Waals surface area contributed by atoms with E-state index < -0.39 is 6.04 Å². The van der Waals surface area contributed by atoms with Crippen LogP contribution < -0.4 is 33.7 Å². The number of nitrogens with one attached hydrogen (secondary N) is 1. The minimum Gasteiger partial charge on any atom is -0.493 e. The summed E-state index contributed by atoms with van der Waals surface area (Å²) in [6, 6.07) is 6.32. The van der Waals surface area contributed by atoms with Crippen molar-refractivity contribution >= 4 is 23.8 Å². The van der Waals surface area contributed by atoms with Crippen LogP contribution in [0.15, 0.2) is 36.4 Å². The fourth-order valence-electron chi connectivity index (χ4n) is 4.17. The van der Waals surface area contributed by atoms with Gasteiger partial charge in [0, 0.05) is 25.7 Å². The molecule has 0 spiro atoms. The van der Waals surface area contributed by atoms with E-state index in [1.807, 2.05) is 0 Å². The van der Waals surface area contributed by atoms with E-state index in [0.717, 1.165) is 0 Å². The summed E-state index contributed by atoms with van der Waals surface area (Å²) in [5.74, 6) is 2.35. The van der Waals surface area contributed by atoms with E-state index in [1.54, 1.807) is 41.3 Å². The minimum atomic E-state index is -0.654. The second kappa shape index (κ2) is 13.4. The van der Waals surface area contributed by atoms with Crippen molar-refractivity contribution in [3.63, 3.8) is 0 Å². The molecule has 10 heteroatoms. The molecule has 38 heavy (non-hydrogen) atoms. The number of ether oxygens (including phenoxy) is 6. The van der Waals surface area contributed by atoms with Crippen molar-refractivity contribution in [2.24, 2.45) is 0 Å². The van der Waals surface area contributed by atoms with Crippen molar-refractivity contribution in [3.05, 3.63) is 47.5 Å². The number of nitrogens with zero attached hydrogens (tertiary/aromatic N) is 1. The number of hydrogen-bond acceptors (Lipinski definition) is 9. The number of benzene rings is 2. The second-order valence-corrected chi connectivity index (χ2v) is 8.24. The molecular formula is C28H34N2O8. The molecule has 1 N–H and O–H groups in total. The van der Waals surface area contributed by atoms with Gasteiger partial charge in [-0.2, -0.15) is 0 Å². The molecule has 1 atom stereocenters. The highest BCUT2D eigenvalue weighted by Gasteiger charge is 2.29. The molecule has 1 unspecified atom stereocenters. The molecule has 1 saturated heterocycles. The SMILES string of the molecule is COc1cc(/C=C/C(=O)C2CNCCN2C(=O)/C=C/c2cc(OC)c(OC)c(OC)c2)cc(OC)c1OC. The van der Waals surface area contributed by atoms with E-state index in [9.17, 15) is 9.59 Å². The van der Waals surface area contributed by atoms with Gasteiger partial charge in [-0.05, 0) is 47.5 Å². The van der Waals surface area contributed by atoms with Crippen LogP contribution in [0.1, 0.15) is 11.1 Å². The lowest BCUT2D eigenvalue weighted by molar-refractivity contribution is -0.135. The van der Waals surface area contributed by atoms with E-state index in [-0.39, 0.29) is 11.7 Å². The average molecular weight is 527 g/mol. The molecule has 0 radical (unpaired) electrons. The van der Waals surface area contributed by atoms with Gasteiger partial charge in [0.15, 0.2) is 28.8 Å². The van der Waals surface area contributed by atoms with E-state index in [0.29, 0.717) is 65.3 Å². The number of carbonyl (C=O) groups is 2. The van der Waals surface area contributed by atoms with Crippen molar-refractivity contribution in [2.75, 3.05) is 62.3 Å². The highest BCUT2D eigenvalue weighted by Crippen LogP contribution is 2.39. The van der Waals surface area contributed by atoms with Gasteiger partial charge >= 0.3 is 0 Å². The van der Waals surface area contributed by atoms with Gasteiger partial charge in [0.25, 0.3) is 0 Å². The van der Waals surface area contributed by atoms with Crippen molar-refractivity contribution < 1.29 is 38.0 Å². The summed E-state index contributed by atoms with van der Waals surface area (Å²) in [4.78, 5) is 27.8. The molecule has 0 aliphatic carbocycles. The van der Waals surface area contributed by atoms with Gasteiger partial charge in [0.05, 0.1) is 42.7 Å². The van der Waals surface area contributed by atoms with Gasteiger partial charge in [-0.1, -0.05) is 6.08 Å². The quantitative estimate of drug-likeness (QED) is 0.443. The topological polar surface area (TPSA) is 105 Å². The molecule has 1 amide bonds. The first-order chi connectivity index (χ1) is 18.4. The minimum absolute atomic E-state index is 0.208. The van der Waals surface area contributed by atoms with E-state index in [4.69, 9.17) is 28.4 Å². The van der Waals surface area contributed by atoms with Crippen LogP contribution in [0.3, 0.4) is 0 Å². The lowest BCUT2D eigenvalue weighted by atomic mass is 10.1. The predicted octanol–water partition coefficient (Wildman–Crippen LogP) is 2.83. The van der Waals surface area contributed by atoms with Gasteiger partial charge in [0.2, 0.25) is 17.4 Å². The molecule has 1 aliphatic heterocycles. The Balaban J connectivity index is 1.79. The third-order valence-electron chi connectivity index (χ3n) is 6.09. The molecule has 3 rings (SSSR count). The predicted molar refractivity (Wildman–Crippen MR) is 144 cm³/mol. The van der Waals surface area contributed by atoms with Gasteiger partial charge in [0.1, 0.15) is 6.04 Å². The Morgan fingerprint density at radius 2 is 1.18 bits per heavy atom. The van der Waals surface area contributed by atoms with Crippen LogP contribution in [-0.4, -0.2) is 84.9 Å². The molecule has 1 fully saturated rings. The van der Waals surface area contributed by atoms with Gasteiger partial charge in [-0.15, -0.1) is 0 Å². The maximum absolute atomic E-state index is 13.2. The Morgan fingerprint density at radius 1 is 0.737 bits per heavy atom. The molecule has 0 saturated carbocycles. The number of amides is 1. The van der Waals surface area contributed by atoms with Crippen LogP contribution in [-0.2, 0) is 9.59 Å². The number of carbonyl (C=O) groups excluding carboxylic acids is 2. The van der Waals surface area contributed by atoms with Crippen molar-refractivity contribution in [2.45, 2.75) is 6.04 Å². The Hall–Kier alpha value is -4.18. The molecule has 1 heterocycles. The highest BCUT2D eigenvalue weighted by molar-refractivity contribution is 6.02. The Labute approximate surface area is 222 Å². The third kappa shape index (κ3) is 6.38. The lowest BCUT2D eigenvalue weighted by Gasteiger charge is -2.34. The first-order valence-corrected chi connectivity index (χ1v) is 11.9.